The SMILES string of the molecule is COc1ccc(-c2nc(-c3ccccc3)cn2S(=O)(=O)c2ccc(C)cc2)cc1. The Bertz CT molecular complexity index is 1230. The summed E-state index contributed by atoms with van der Waals surface area (Å²) in [6.07, 6.45) is 1.57. The fraction of sp³-hybridized carbons (Fsp3) is 0.0870. The van der Waals surface area contributed by atoms with Gasteiger partial charge in [0.15, 0.2) is 5.82 Å². The van der Waals surface area contributed by atoms with Crippen molar-refractivity contribution in [1.29, 1.82) is 0 Å². The molecule has 0 unspecified atom stereocenters. The second-order valence-corrected chi connectivity index (χ2v) is 8.47. The second-order valence-electron chi connectivity index (χ2n) is 6.66. The number of ether oxygens (including phenoxy) is 1. The monoisotopic (exact) mass is 404 g/mol. The van der Waals surface area contributed by atoms with Gasteiger partial charge in [0.1, 0.15) is 5.75 Å². The molecule has 0 aliphatic rings. The highest BCUT2D eigenvalue weighted by Crippen LogP contribution is 2.29. The summed E-state index contributed by atoms with van der Waals surface area (Å²) in [6, 6.07) is 23.5. The number of imidazole rings is 1. The number of rotatable bonds is 5. The van der Waals surface area contributed by atoms with Crippen molar-refractivity contribution in [3.05, 3.63) is 90.6 Å². The molecule has 0 bridgehead atoms. The van der Waals surface area contributed by atoms with Gasteiger partial charge in [0.25, 0.3) is 10.0 Å². The number of hydrogen-bond donors (Lipinski definition) is 0. The molecular weight excluding hydrogens is 384 g/mol. The number of benzene rings is 3. The number of hydrogen-bond acceptors (Lipinski definition) is 4. The number of methoxy groups -OCH3 is 1. The van der Waals surface area contributed by atoms with Crippen molar-refractivity contribution in [3.63, 3.8) is 0 Å². The third kappa shape index (κ3) is 3.67. The van der Waals surface area contributed by atoms with Crippen LogP contribution in [0.15, 0.2) is 90.0 Å². The van der Waals surface area contributed by atoms with E-state index >= 15 is 0 Å². The predicted octanol–water partition coefficient (Wildman–Crippen LogP) is 4.77. The van der Waals surface area contributed by atoms with Crippen LogP contribution in [0.25, 0.3) is 22.6 Å². The van der Waals surface area contributed by atoms with Gasteiger partial charge in [0.2, 0.25) is 0 Å². The molecule has 0 aliphatic carbocycles. The van der Waals surface area contributed by atoms with Gasteiger partial charge < -0.3 is 4.74 Å². The average molecular weight is 404 g/mol. The van der Waals surface area contributed by atoms with Crippen LogP contribution in [0.4, 0.5) is 0 Å². The lowest BCUT2D eigenvalue weighted by Crippen LogP contribution is -2.13. The molecule has 1 heterocycles. The number of aromatic nitrogens is 2. The van der Waals surface area contributed by atoms with Crippen LogP contribution in [0.1, 0.15) is 5.56 Å². The van der Waals surface area contributed by atoms with Gasteiger partial charge in [-0.1, -0.05) is 48.0 Å². The summed E-state index contributed by atoms with van der Waals surface area (Å²) in [4.78, 5) is 4.88. The Kier molecular flexibility index (Phi) is 4.94. The summed E-state index contributed by atoms with van der Waals surface area (Å²) in [6.45, 7) is 1.92. The third-order valence-corrected chi connectivity index (χ3v) is 6.33. The van der Waals surface area contributed by atoms with E-state index in [0.717, 1.165) is 11.1 Å². The van der Waals surface area contributed by atoms with Gasteiger partial charge in [-0.25, -0.2) is 17.4 Å². The summed E-state index contributed by atoms with van der Waals surface area (Å²) >= 11 is 0. The molecule has 0 radical (unpaired) electrons. The van der Waals surface area contributed by atoms with Crippen molar-refractivity contribution < 1.29 is 13.2 Å². The maximum Gasteiger partial charge on any atom is 0.269 e. The van der Waals surface area contributed by atoms with Crippen molar-refractivity contribution in [2.45, 2.75) is 11.8 Å². The van der Waals surface area contributed by atoms with Crippen LogP contribution in [-0.4, -0.2) is 24.5 Å². The lowest BCUT2D eigenvalue weighted by molar-refractivity contribution is 0.415. The van der Waals surface area contributed by atoms with Gasteiger partial charge in [-0.15, -0.1) is 0 Å². The molecule has 0 fully saturated rings. The first-order valence-electron chi connectivity index (χ1n) is 9.10. The first-order valence-corrected chi connectivity index (χ1v) is 10.5. The van der Waals surface area contributed by atoms with Crippen LogP contribution in [0.3, 0.4) is 0 Å². The second kappa shape index (κ2) is 7.56. The fourth-order valence-electron chi connectivity index (χ4n) is 3.05. The van der Waals surface area contributed by atoms with Gasteiger partial charge >= 0.3 is 0 Å². The summed E-state index contributed by atoms with van der Waals surface area (Å²) in [5, 5.41) is 0. The molecule has 0 saturated carbocycles. The van der Waals surface area contributed by atoms with Crippen molar-refractivity contribution in [3.8, 4) is 28.4 Å². The fourth-order valence-corrected chi connectivity index (χ4v) is 4.37. The molecule has 0 amide bonds. The Morgan fingerprint density at radius 3 is 2.10 bits per heavy atom. The van der Waals surface area contributed by atoms with E-state index in [1.807, 2.05) is 37.3 Å². The minimum absolute atomic E-state index is 0.217. The van der Waals surface area contributed by atoms with Gasteiger partial charge in [-0.05, 0) is 43.3 Å². The van der Waals surface area contributed by atoms with Crippen molar-refractivity contribution >= 4 is 10.0 Å². The standard InChI is InChI=1S/C23H20N2O3S/c1-17-8-14-21(15-9-17)29(26,27)25-16-22(18-6-4-3-5-7-18)24-23(25)19-10-12-20(28-2)13-11-19/h3-16H,1-2H3. The van der Waals surface area contributed by atoms with Gasteiger partial charge in [0, 0.05) is 17.3 Å². The Hall–Kier alpha value is -3.38. The molecule has 0 spiro atoms. The molecule has 146 valence electrons. The molecule has 4 rings (SSSR count). The topological polar surface area (TPSA) is 61.2 Å². The van der Waals surface area contributed by atoms with E-state index in [4.69, 9.17) is 4.74 Å². The van der Waals surface area contributed by atoms with Crippen molar-refractivity contribution in [1.82, 2.24) is 8.96 Å². The van der Waals surface area contributed by atoms with E-state index in [0.29, 0.717) is 22.8 Å². The maximum atomic E-state index is 13.4. The smallest absolute Gasteiger partial charge is 0.269 e. The average Bonchev–Trinajstić information content (AvgIpc) is 3.21. The molecular formula is C23H20N2O3S. The van der Waals surface area contributed by atoms with Crippen LogP contribution in [-0.2, 0) is 10.0 Å². The lowest BCUT2D eigenvalue weighted by Gasteiger charge is -2.10. The molecule has 4 aromatic rings. The molecule has 0 saturated heterocycles. The van der Waals surface area contributed by atoms with Gasteiger partial charge in [-0.3, -0.25) is 0 Å². The zero-order valence-electron chi connectivity index (χ0n) is 16.1. The summed E-state index contributed by atoms with van der Waals surface area (Å²) in [5.41, 5.74) is 3.12. The molecule has 1 aromatic heterocycles. The zero-order chi connectivity index (χ0) is 20.4. The Morgan fingerprint density at radius 2 is 1.48 bits per heavy atom. The number of nitrogens with zero attached hydrogens (tertiary/aromatic N) is 2. The minimum atomic E-state index is -3.81. The maximum absolute atomic E-state index is 13.4. The predicted molar refractivity (Wildman–Crippen MR) is 113 cm³/mol. The highest BCUT2D eigenvalue weighted by molar-refractivity contribution is 7.90. The minimum Gasteiger partial charge on any atom is -0.497 e. The Morgan fingerprint density at radius 1 is 0.828 bits per heavy atom. The highest BCUT2D eigenvalue weighted by Gasteiger charge is 2.23. The van der Waals surface area contributed by atoms with Crippen LogP contribution >= 0.6 is 0 Å². The largest absolute Gasteiger partial charge is 0.497 e. The van der Waals surface area contributed by atoms with Crippen LogP contribution in [0.5, 0.6) is 5.75 Å². The first kappa shape index (κ1) is 19.0. The first-order chi connectivity index (χ1) is 14.0. The molecule has 0 aliphatic heterocycles. The normalized spacial score (nSPS) is 11.4. The quantitative estimate of drug-likeness (QED) is 0.481. The molecule has 29 heavy (non-hydrogen) atoms. The molecule has 0 atom stereocenters. The van der Waals surface area contributed by atoms with E-state index < -0.39 is 10.0 Å². The van der Waals surface area contributed by atoms with Gasteiger partial charge in [0.05, 0.1) is 17.7 Å². The number of aryl methyl sites for hydroxylation is 1. The lowest BCUT2D eigenvalue weighted by atomic mass is 10.2. The van der Waals surface area contributed by atoms with Crippen LogP contribution in [0.2, 0.25) is 0 Å². The molecule has 3 aromatic carbocycles. The van der Waals surface area contributed by atoms with E-state index in [1.54, 1.807) is 61.8 Å². The third-order valence-electron chi connectivity index (χ3n) is 4.67. The summed E-state index contributed by atoms with van der Waals surface area (Å²) < 4.78 is 33.3. The van der Waals surface area contributed by atoms with E-state index in [-0.39, 0.29) is 4.90 Å². The zero-order valence-corrected chi connectivity index (χ0v) is 16.9. The van der Waals surface area contributed by atoms with Crippen LogP contribution < -0.4 is 4.74 Å². The van der Waals surface area contributed by atoms with Crippen LogP contribution in [0, 0.1) is 6.92 Å². The van der Waals surface area contributed by atoms with E-state index in [2.05, 4.69) is 4.98 Å². The Labute approximate surface area is 170 Å². The highest BCUT2D eigenvalue weighted by atomic mass is 32.2. The summed E-state index contributed by atoms with van der Waals surface area (Å²) in [5.74, 6) is 1.05. The van der Waals surface area contributed by atoms with Crippen molar-refractivity contribution in [2.24, 2.45) is 0 Å². The van der Waals surface area contributed by atoms with Crippen molar-refractivity contribution in [2.75, 3.05) is 7.11 Å². The van der Waals surface area contributed by atoms with E-state index in [1.165, 1.54) is 3.97 Å². The molecule has 5 nitrogen and oxygen atoms in total. The molecule has 6 heteroatoms. The summed E-state index contributed by atoms with van der Waals surface area (Å²) in [7, 11) is -2.23. The van der Waals surface area contributed by atoms with Gasteiger partial charge in [-0.2, -0.15) is 0 Å². The Balaban J connectivity index is 1.91. The molecule has 0 N–H and O–H groups in total. The van der Waals surface area contributed by atoms with E-state index in [9.17, 15) is 8.42 Å².